The minimum atomic E-state index is -1.06. The van der Waals surface area contributed by atoms with E-state index in [1.54, 1.807) is 12.2 Å². The zero-order valence-corrected chi connectivity index (χ0v) is 30.3. The molecule has 5 N–H and O–H groups in total. The van der Waals surface area contributed by atoms with E-state index in [0.29, 0.717) is 32.2 Å². The minimum Gasteiger partial charge on any atom is -0.462 e. The van der Waals surface area contributed by atoms with Crippen molar-refractivity contribution in [2.75, 3.05) is 19.8 Å². The summed E-state index contributed by atoms with van der Waals surface area (Å²) in [5, 5.41) is 21.0. The topological polar surface area (TPSA) is 181 Å². The van der Waals surface area contributed by atoms with Crippen molar-refractivity contribution in [2.45, 2.75) is 76.3 Å². The van der Waals surface area contributed by atoms with E-state index in [2.05, 4.69) is 21.3 Å². The Morgan fingerprint density at radius 3 is 2.02 bits per heavy atom. The van der Waals surface area contributed by atoms with Crippen molar-refractivity contribution < 1.29 is 43.3 Å². The Balaban J connectivity index is 1.36. The van der Waals surface area contributed by atoms with E-state index in [-0.39, 0.29) is 57.5 Å². The number of cyclic esters (lactones) is 1. The van der Waals surface area contributed by atoms with Gasteiger partial charge in [-0.05, 0) is 55.2 Å². The van der Waals surface area contributed by atoms with Gasteiger partial charge in [-0.1, -0.05) is 103 Å². The van der Waals surface area contributed by atoms with E-state index in [1.165, 1.54) is 0 Å². The van der Waals surface area contributed by atoms with Crippen molar-refractivity contribution in [1.29, 1.82) is 0 Å². The second kappa shape index (κ2) is 23.1. The van der Waals surface area contributed by atoms with Crippen molar-refractivity contribution in [3.63, 3.8) is 0 Å². The second-order valence-electron chi connectivity index (χ2n) is 13.1. The Labute approximate surface area is 315 Å². The predicted octanol–water partition coefficient (Wildman–Crippen LogP) is 4.48. The van der Waals surface area contributed by atoms with Gasteiger partial charge in [-0.3, -0.25) is 9.59 Å². The molecule has 1 aliphatic heterocycles. The molecule has 288 valence electrons. The molecule has 4 unspecified atom stereocenters. The SMILES string of the molecule is O=C(CC1CC=CCC(NC(=O)OCc2ccccc2)C(=O)OCC(CCCCNC(=O)OCc2ccccc2)NC1=O)NC(CO)Cc1ccccc1. The van der Waals surface area contributed by atoms with Crippen molar-refractivity contribution in [2.24, 2.45) is 5.92 Å². The van der Waals surface area contributed by atoms with Crippen molar-refractivity contribution in [1.82, 2.24) is 21.3 Å². The van der Waals surface area contributed by atoms with E-state index in [0.717, 1.165) is 16.7 Å². The van der Waals surface area contributed by atoms with E-state index in [1.807, 2.05) is 91.0 Å². The number of rotatable bonds is 16. The summed E-state index contributed by atoms with van der Waals surface area (Å²) in [5.74, 6) is -2.23. The number of esters is 1. The lowest BCUT2D eigenvalue weighted by atomic mass is 9.97. The summed E-state index contributed by atoms with van der Waals surface area (Å²) >= 11 is 0. The zero-order valence-electron chi connectivity index (χ0n) is 30.3. The summed E-state index contributed by atoms with van der Waals surface area (Å²) in [6.45, 7) is 0.0417. The third-order valence-electron chi connectivity index (χ3n) is 8.70. The number of ether oxygens (including phenoxy) is 3. The van der Waals surface area contributed by atoms with E-state index in [4.69, 9.17) is 14.2 Å². The molecule has 0 radical (unpaired) electrons. The first-order valence-electron chi connectivity index (χ1n) is 18.3. The van der Waals surface area contributed by atoms with E-state index >= 15 is 0 Å². The van der Waals surface area contributed by atoms with Crippen molar-refractivity contribution >= 4 is 30.0 Å². The molecular formula is C41H50N4O9. The van der Waals surface area contributed by atoms with Crippen LogP contribution in [0.2, 0.25) is 0 Å². The standard InChI is InChI=1S/C41H50N4O9/c46-26-35(24-30-14-4-1-5-15-30)43-37(47)25-33-20-10-11-22-36(45-41(51)54-28-32-18-8-3-9-19-32)39(49)52-29-34(44-38(33)48)21-12-13-23-42-40(50)53-27-31-16-6-2-7-17-31/h1-11,14-19,33-36,46H,12-13,20-29H2,(H,42,50)(H,43,47)(H,44,48)(H,45,51). The van der Waals surface area contributed by atoms with Gasteiger partial charge < -0.3 is 40.6 Å². The molecule has 4 atom stereocenters. The molecule has 1 aliphatic rings. The van der Waals surface area contributed by atoms with Gasteiger partial charge in [0.15, 0.2) is 0 Å². The van der Waals surface area contributed by atoms with Crippen LogP contribution >= 0.6 is 0 Å². The lowest BCUT2D eigenvalue weighted by Gasteiger charge is -2.25. The van der Waals surface area contributed by atoms with Gasteiger partial charge in [0.25, 0.3) is 0 Å². The van der Waals surface area contributed by atoms with Crippen LogP contribution in [0.5, 0.6) is 0 Å². The van der Waals surface area contributed by atoms with Crippen LogP contribution in [0.4, 0.5) is 9.59 Å². The largest absolute Gasteiger partial charge is 0.462 e. The van der Waals surface area contributed by atoms with Gasteiger partial charge in [-0.25, -0.2) is 14.4 Å². The Morgan fingerprint density at radius 2 is 1.39 bits per heavy atom. The molecule has 0 saturated carbocycles. The molecule has 54 heavy (non-hydrogen) atoms. The Kier molecular flexibility index (Phi) is 17.6. The molecule has 3 aromatic rings. The molecule has 4 rings (SSSR count). The van der Waals surface area contributed by atoms with Gasteiger partial charge in [0.1, 0.15) is 25.9 Å². The number of benzene rings is 3. The van der Waals surface area contributed by atoms with Gasteiger partial charge >= 0.3 is 18.2 Å². The maximum absolute atomic E-state index is 13.6. The fraction of sp³-hybridized carbons (Fsp3) is 0.390. The highest BCUT2D eigenvalue weighted by molar-refractivity contribution is 5.86. The highest BCUT2D eigenvalue weighted by Crippen LogP contribution is 2.15. The van der Waals surface area contributed by atoms with Gasteiger partial charge in [-0.15, -0.1) is 0 Å². The summed E-state index contributed by atoms with van der Waals surface area (Å²) in [5.41, 5.74) is 2.60. The first kappa shape index (κ1) is 41.1. The number of carbonyl (C=O) groups is 5. The molecule has 0 spiro atoms. The first-order chi connectivity index (χ1) is 26.3. The molecule has 1 heterocycles. The number of hydrogen-bond acceptors (Lipinski definition) is 9. The van der Waals surface area contributed by atoms with Gasteiger partial charge in [0.2, 0.25) is 11.8 Å². The molecule has 0 aromatic heterocycles. The number of aliphatic hydroxyl groups is 1. The molecule has 3 aromatic carbocycles. The summed E-state index contributed by atoms with van der Waals surface area (Å²) in [6.07, 6.45) is 4.06. The number of allylic oxidation sites excluding steroid dienone is 1. The number of hydrogen-bond donors (Lipinski definition) is 5. The highest BCUT2D eigenvalue weighted by Gasteiger charge is 2.28. The fourth-order valence-electron chi connectivity index (χ4n) is 5.75. The van der Waals surface area contributed by atoms with Crippen LogP contribution in [-0.2, 0) is 48.2 Å². The van der Waals surface area contributed by atoms with Crippen LogP contribution in [-0.4, -0.2) is 73.0 Å². The monoisotopic (exact) mass is 742 g/mol. The molecule has 0 bridgehead atoms. The van der Waals surface area contributed by atoms with Crippen LogP contribution in [0.1, 0.15) is 55.2 Å². The third-order valence-corrected chi connectivity index (χ3v) is 8.70. The molecule has 0 fully saturated rings. The van der Waals surface area contributed by atoms with Crippen LogP contribution in [0.3, 0.4) is 0 Å². The molecule has 13 heteroatoms. The zero-order chi connectivity index (χ0) is 38.4. The minimum absolute atomic E-state index is 0.0181. The van der Waals surface area contributed by atoms with Crippen molar-refractivity contribution in [3.8, 4) is 0 Å². The summed E-state index contributed by atoms with van der Waals surface area (Å²) in [6, 6.07) is 25.7. The normalized spacial score (nSPS) is 18.1. The molecule has 13 nitrogen and oxygen atoms in total. The number of alkyl carbamates (subject to hydrolysis) is 2. The van der Waals surface area contributed by atoms with Gasteiger partial charge in [0, 0.05) is 13.0 Å². The average molecular weight is 743 g/mol. The maximum atomic E-state index is 13.6. The van der Waals surface area contributed by atoms with Crippen LogP contribution < -0.4 is 21.3 Å². The molecule has 4 amide bonds. The number of carbonyl (C=O) groups excluding carboxylic acids is 5. The summed E-state index contributed by atoms with van der Waals surface area (Å²) in [7, 11) is 0. The van der Waals surface area contributed by atoms with E-state index in [9.17, 15) is 29.1 Å². The number of nitrogens with one attached hydrogen (secondary N) is 4. The lowest BCUT2D eigenvalue weighted by molar-refractivity contribution is -0.147. The second-order valence-corrected chi connectivity index (χ2v) is 13.1. The average Bonchev–Trinajstić information content (AvgIpc) is 3.19. The first-order valence-corrected chi connectivity index (χ1v) is 18.3. The van der Waals surface area contributed by atoms with E-state index < -0.39 is 42.2 Å². The fourth-order valence-corrected chi connectivity index (χ4v) is 5.75. The van der Waals surface area contributed by atoms with Gasteiger partial charge in [-0.2, -0.15) is 0 Å². The molecule has 0 aliphatic carbocycles. The third kappa shape index (κ3) is 15.5. The predicted molar refractivity (Wildman–Crippen MR) is 201 cm³/mol. The maximum Gasteiger partial charge on any atom is 0.408 e. The van der Waals surface area contributed by atoms with Crippen LogP contribution in [0.25, 0.3) is 0 Å². The smallest absolute Gasteiger partial charge is 0.408 e. The Hall–Kier alpha value is -5.69. The Morgan fingerprint density at radius 1 is 0.796 bits per heavy atom. The van der Waals surface area contributed by atoms with Crippen LogP contribution in [0.15, 0.2) is 103 Å². The number of aliphatic hydroxyl groups excluding tert-OH is 1. The van der Waals surface area contributed by atoms with Crippen molar-refractivity contribution in [3.05, 3.63) is 120 Å². The quantitative estimate of drug-likeness (QED) is 0.0612. The molecular weight excluding hydrogens is 692 g/mol. The van der Waals surface area contributed by atoms with Gasteiger partial charge in [0.05, 0.1) is 24.6 Å². The number of unbranched alkanes of at least 4 members (excludes halogenated alkanes) is 1. The molecule has 0 saturated heterocycles. The Bertz CT molecular complexity index is 1640. The van der Waals surface area contributed by atoms with Crippen LogP contribution in [0, 0.1) is 5.92 Å². The highest BCUT2D eigenvalue weighted by atomic mass is 16.6. The lowest BCUT2D eigenvalue weighted by Crippen LogP contribution is -2.46. The summed E-state index contributed by atoms with van der Waals surface area (Å²) < 4.78 is 16.2. The number of amides is 4. The summed E-state index contributed by atoms with van der Waals surface area (Å²) in [4.78, 5) is 64.8.